The van der Waals surface area contributed by atoms with Gasteiger partial charge in [0.15, 0.2) is 0 Å². The van der Waals surface area contributed by atoms with Crippen molar-refractivity contribution in [1.29, 1.82) is 0 Å². The summed E-state index contributed by atoms with van der Waals surface area (Å²) in [6.45, 7) is 0.155. The fourth-order valence-electron chi connectivity index (χ4n) is 2.84. The number of anilines is 1. The van der Waals surface area contributed by atoms with Crippen molar-refractivity contribution in [3.63, 3.8) is 0 Å². The van der Waals surface area contributed by atoms with Crippen LogP contribution in [0.5, 0.6) is 0 Å². The van der Waals surface area contributed by atoms with E-state index in [0.717, 1.165) is 0 Å². The van der Waals surface area contributed by atoms with E-state index >= 15 is 0 Å². The first kappa shape index (κ1) is 20.2. The van der Waals surface area contributed by atoms with Crippen molar-refractivity contribution in [3.8, 4) is 0 Å². The van der Waals surface area contributed by atoms with Crippen molar-refractivity contribution in [1.82, 2.24) is 9.91 Å². The van der Waals surface area contributed by atoms with Gasteiger partial charge in [-0.05, 0) is 35.9 Å². The summed E-state index contributed by atoms with van der Waals surface area (Å²) in [5.41, 5.74) is 1.84. The summed E-state index contributed by atoms with van der Waals surface area (Å²) in [7, 11) is 3.30. The zero-order chi connectivity index (χ0) is 21.0. The van der Waals surface area contributed by atoms with Crippen LogP contribution in [0.15, 0.2) is 53.6 Å². The maximum Gasteiger partial charge on any atom is 0.271 e. The van der Waals surface area contributed by atoms with Gasteiger partial charge in [-0.3, -0.25) is 14.4 Å². The first-order valence-corrected chi connectivity index (χ1v) is 9.09. The molecule has 2 aromatic carbocycles. The van der Waals surface area contributed by atoms with Gasteiger partial charge >= 0.3 is 0 Å². The molecule has 1 aliphatic heterocycles. The number of nitrogens with zero attached hydrogens (tertiary/aromatic N) is 3. The van der Waals surface area contributed by atoms with E-state index in [9.17, 15) is 18.8 Å². The fraction of sp³-hybridized carbons (Fsp3) is 0.238. The average molecular weight is 396 g/mol. The smallest absolute Gasteiger partial charge is 0.271 e. The van der Waals surface area contributed by atoms with E-state index in [1.54, 1.807) is 50.5 Å². The van der Waals surface area contributed by atoms with E-state index in [-0.39, 0.29) is 42.7 Å². The standard InChI is InChI=1S/C21H21FN4O3/c1-25(2)21(29)15-4-3-5-17(12-15)23-20(28)18-10-11-19(27)26(24-18)13-14-6-8-16(22)9-7-14/h3-9,12H,10-11,13H2,1-2H3,(H,23,28). The largest absolute Gasteiger partial charge is 0.345 e. The number of nitrogens with one attached hydrogen (secondary N) is 1. The van der Waals surface area contributed by atoms with Gasteiger partial charge in [-0.2, -0.15) is 5.10 Å². The number of carbonyl (C=O) groups is 3. The molecule has 3 rings (SSSR count). The van der Waals surface area contributed by atoms with Crippen molar-refractivity contribution in [3.05, 3.63) is 65.5 Å². The lowest BCUT2D eigenvalue weighted by Crippen LogP contribution is -2.36. The Balaban J connectivity index is 1.73. The molecule has 3 amide bonds. The Hall–Kier alpha value is -3.55. The predicted molar refractivity (Wildman–Crippen MR) is 107 cm³/mol. The van der Waals surface area contributed by atoms with Crippen LogP contribution in [-0.4, -0.2) is 47.4 Å². The highest BCUT2D eigenvalue weighted by molar-refractivity contribution is 6.43. The zero-order valence-electron chi connectivity index (χ0n) is 16.2. The molecule has 0 saturated carbocycles. The Bertz CT molecular complexity index is 970. The van der Waals surface area contributed by atoms with Crippen molar-refractivity contribution >= 4 is 29.1 Å². The Kier molecular flexibility index (Phi) is 6.01. The Morgan fingerprint density at radius 2 is 1.86 bits per heavy atom. The first-order valence-electron chi connectivity index (χ1n) is 9.09. The van der Waals surface area contributed by atoms with Crippen LogP contribution in [0, 0.1) is 5.82 Å². The minimum Gasteiger partial charge on any atom is -0.345 e. The lowest BCUT2D eigenvalue weighted by Gasteiger charge is -2.23. The third-order valence-corrected chi connectivity index (χ3v) is 4.39. The van der Waals surface area contributed by atoms with Gasteiger partial charge in [0.25, 0.3) is 11.8 Å². The third kappa shape index (κ3) is 5.04. The molecule has 0 fully saturated rings. The average Bonchev–Trinajstić information content (AvgIpc) is 2.70. The number of hydrogen-bond donors (Lipinski definition) is 1. The molecule has 0 radical (unpaired) electrons. The second-order valence-corrected chi connectivity index (χ2v) is 6.86. The summed E-state index contributed by atoms with van der Waals surface area (Å²) in [6.07, 6.45) is 0.382. The lowest BCUT2D eigenvalue weighted by atomic mass is 10.1. The number of amides is 3. The van der Waals surface area contributed by atoms with Gasteiger partial charge in [0.2, 0.25) is 5.91 Å². The molecule has 1 aliphatic rings. The molecule has 0 saturated heterocycles. The van der Waals surface area contributed by atoms with Gasteiger partial charge in [-0.25, -0.2) is 9.40 Å². The van der Waals surface area contributed by atoms with Gasteiger partial charge in [0, 0.05) is 38.2 Å². The summed E-state index contributed by atoms with van der Waals surface area (Å²) in [5.74, 6) is -1.18. The second kappa shape index (κ2) is 8.64. The van der Waals surface area contributed by atoms with Gasteiger partial charge in [-0.15, -0.1) is 0 Å². The van der Waals surface area contributed by atoms with Gasteiger partial charge in [0.05, 0.1) is 6.54 Å². The molecule has 29 heavy (non-hydrogen) atoms. The number of hydrazone groups is 1. The first-order chi connectivity index (χ1) is 13.8. The van der Waals surface area contributed by atoms with Gasteiger partial charge in [-0.1, -0.05) is 18.2 Å². The predicted octanol–water partition coefficient (Wildman–Crippen LogP) is 2.64. The van der Waals surface area contributed by atoms with E-state index < -0.39 is 5.91 Å². The molecule has 8 heteroatoms. The highest BCUT2D eigenvalue weighted by Crippen LogP contribution is 2.17. The molecule has 0 atom stereocenters. The maximum absolute atomic E-state index is 13.1. The van der Waals surface area contributed by atoms with Crippen molar-refractivity contribution < 1.29 is 18.8 Å². The quantitative estimate of drug-likeness (QED) is 0.844. The molecule has 1 heterocycles. The molecule has 0 unspecified atom stereocenters. The van der Waals surface area contributed by atoms with Gasteiger partial charge < -0.3 is 10.2 Å². The zero-order valence-corrected chi connectivity index (χ0v) is 16.2. The molecule has 0 spiro atoms. The number of rotatable bonds is 5. The minimum absolute atomic E-state index is 0.155. The topological polar surface area (TPSA) is 82.1 Å². The van der Waals surface area contributed by atoms with E-state index in [1.165, 1.54) is 22.0 Å². The minimum atomic E-state index is -0.434. The van der Waals surface area contributed by atoms with Crippen molar-refractivity contribution in [2.75, 3.05) is 19.4 Å². The monoisotopic (exact) mass is 396 g/mol. The molecular weight excluding hydrogens is 375 g/mol. The highest BCUT2D eigenvalue weighted by Gasteiger charge is 2.25. The molecule has 1 N–H and O–H groups in total. The van der Waals surface area contributed by atoms with E-state index in [4.69, 9.17) is 0 Å². The Morgan fingerprint density at radius 1 is 1.14 bits per heavy atom. The van der Waals surface area contributed by atoms with Crippen LogP contribution < -0.4 is 5.32 Å². The maximum atomic E-state index is 13.1. The number of benzene rings is 2. The Labute approximate surface area is 167 Å². The van der Waals surface area contributed by atoms with Crippen LogP contribution in [0.25, 0.3) is 0 Å². The molecule has 0 aromatic heterocycles. The van der Waals surface area contributed by atoms with Crippen LogP contribution in [0.1, 0.15) is 28.8 Å². The van der Waals surface area contributed by atoms with Crippen molar-refractivity contribution in [2.45, 2.75) is 19.4 Å². The summed E-state index contributed by atoms with van der Waals surface area (Å²) in [6, 6.07) is 12.4. The number of carbonyl (C=O) groups excluding carboxylic acids is 3. The van der Waals surface area contributed by atoms with Crippen LogP contribution in [-0.2, 0) is 16.1 Å². The Morgan fingerprint density at radius 3 is 2.55 bits per heavy atom. The normalized spacial score (nSPS) is 13.7. The summed E-state index contributed by atoms with van der Waals surface area (Å²) in [5, 5.41) is 8.13. The summed E-state index contributed by atoms with van der Waals surface area (Å²) >= 11 is 0. The van der Waals surface area contributed by atoms with E-state index in [1.807, 2.05) is 0 Å². The molecular formula is C21H21FN4O3. The van der Waals surface area contributed by atoms with Crippen LogP contribution in [0.2, 0.25) is 0 Å². The SMILES string of the molecule is CN(C)C(=O)c1cccc(NC(=O)C2=NN(Cc3ccc(F)cc3)C(=O)CC2)c1. The summed E-state index contributed by atoms with van der Waals surface area (Å²) in [4.78, 5) is 38.3. The molecule has 0 aliphatic carbocycles. The molecule has 150 valence electrons. The van der Waals surface area contributed by atoms with Crippen molar-refractivity contribution in [2.24, 2.45) is 5.10 Å². The molecule has 7 nitrogen and oxygen atoms in total. The number of hydrogen-bond acceptors (Lipinski definition) is 4. The van der Waals surface area contributed by atoms with E-state index in [0.29, 0.717) is 16.8 Å². The third-order valence-electron chi connectivity index (χ3n) is 4.39. The molecule has 2 aromatic rings. The fourth-order valence-corrected chi connectivity index (χ4v) is 2.84. The van der Waals surface area contributed by atoms with Crippen LogP contribution >= 0.6 is 0 Å². The lowest BCUT2D eigenvalue weighted by molar-refractivity contribution is -0.132. The highest BCUT2D eigenvalue weighted by atomic mass is 19.1. The van der Waals surface area contributed by atoms with Gasteiger partial charge in [0.1, 0.15) is 11.5 Å². The molecule has 0 bridgehead atoms. The van der Waals surface area contributed by atoms with Crippen LogP contribution in [0.3, 0.4) is 0 Å². The van der Waals surface area contributed by atoms with Crippen LogP contribution in [0.4, 0.5) is 10.1 Å². The second-order valence-electron chi connectivity index (χ2n) is 6.86. The summed E-state index contributed by atoms with van der Waals surface area (Å²) < 4.78 is 13.1. The number of halogens is 1. The van der Waals surface area contributed by atoms with E-state index in [2.05, 4.69) is 10.4 Å².